The van der Waals surface area contributed by atoms with E-state index >= 15 is 0 Å². The van der Waals surface area contributed by atoms with E-state index in [2.05, 4.69) is 32.0 Å². The summed E-state index contributed by atoms with van der Waals surface area (Å²) < 4.78 is 11.6. The van der Waals surface area contributed by atoms with Crippen molar-refractivity contribution in [1.82, 2.24) is 0 Å². The van der Waals surface area contributed by atoms with Gasteiger partial charge in [0.15, 0.2) is 0 Å². The van der Waals surface area contributed by atoms with E-state index in [1.54, 1.807) is 0 Å². The number of hydrogen-bond acceptors (Lipinski definition) is 3. The quantitative estimate of drug-likeness (QED) is 0.643. The Kier molecular flexibility index (Phi) is 5.09. The second-order valence-electron chi connectivity index (χ2n) is 5.34. The highest BCUT2D eigenvalue weighted by Crippen LogP contribution is 2.21. The molecule has 0 aromatic heterocycles. The molecule has 0 aliphatic heterocycles. The number of benzene rings is 2. The molecule has 3 nitrogen and oxygen atoms in total. The first-order valence-corrected chi connectivity index (χ1v) is 7.25. The van der Waals surface area contributed by atoms with Crippen LogP contribution < -0.4 is 15.2 Å². The number of hydrogen-bond donors (Lipinski definition) is 1. The lowest BCUT2D eigenvalue weighted by Gasteiger charge is -2.12. The first kappa shape index (κ1) is 15.2. The summed E-state index contributed by atoms with van der Waals surface area (Å²) in [7, 11) is 0. The average molecular weight is 285 g/mol. The van der Waals surface area contributed by atoms with Gasteiger partial charge < -0.3 is 15.2 Å². The van der Waals surface area contributed by atoms with Crippen molar-refractivity contribution in [3.05, 3.63) is 53.1 Å². The third-order valence-corrected chi connectivity index (χ3v) is 3.35. The van der Waals surface area contributed by atoms with Crippen molar-refractivity contribution in [1.29, 1.82) is 0 Å². The van der Waals surface area contributed by atoms with Gasteiger partial charge in [0, 0.05) is 12.1 Å². The molecule has 0 aliphatic carbocycles. The van der Waals surface area contributed by atoms with E-state index in [1.165, 1.54) is 5.56 Å². The van der Waals surface area contributed by atoms with Crippen molar-refractivity contribution in [2.75, 3.05) is 18.9 Å². The first-order chi connectivity index (χ1) is 10.1. The fourth-order valence-corrected chi connectivity index (χ4v) is 2.12. The lowest BCUT2D eigenvalue weighted by atomic mass is 10.1. The van der Waals surface area contributed by atoms with Crippen LogP contribution in [0.5, 0.6) is 11.5 Å². The Bertz CT molecular complexity index is 608. The molecular formula is C18H23NO2. The second kappa shape index (κ2) is 7.02. The topological polar surface area (TPSA) is 44.5 Å². The molecule has 2 rings (SSSR count). The van der Waals surface area contributed by atoms with Crippen LogP contribution in [0, 0.1) is 20.8 Å². The predicted molar refractivity (Wildman–Crippen MR) is 87.1 cm³/mol. The van der Waals surface area contributed by atoms with E-state index < -0.39 is 0 Å². The molecule has 0 saturated carbocycles. The van der Waals surface area contributed by atoms with Crippen LogP contribution in [0.2, 0.25) is 0 Å². The number of ether oxygens (including phenoxy) is 2. The Morgan fingerprint density at radius 3 is 2.24 bits per heavy atom. The summed E-state index contributed by atoms with van der Waals surface area (Å²) >= 11 is 0. The van der Waals surface area contributed by atoms with E-state index in [0.717, 1.165) is 34.7 Å². The van der Waals surface area contributed by atoms with Crippen LogP contribution in [0.15, 0.2) is 36.4 Å². The molecule has 0 radical (unpaired) electrons. The summed E-state index contributed by atoms with van der Waals surface area (Å²) in [6, 6.07) is 11.9. The minimum absolute atomic E-state index is 0.635. The molecule has 2 aromatic rings. The summed E-state index contributed by atoms with van der Waals surface area (Å²) in [5.41, 5.74) is 9.92. The number of aryl methyl sites for hydroxylation is 3. The fourth-order valence-electron chi connectivity index (χ4n) is 2.12. The molecule has 0 unspecified atom stereocenters. The minimum Gasteiger partial charge on any atom is -0.493 e. The van der Waals surface area contributed by atoms with Gasteiger partial charge in [0.1, 0.15) is 11.5 Å². The minimum atomic E-state index is 0.635. The van der Waals surface area contributed by atoms with Crippen molar-refractivity contribution in [2.24, 2.45) is 0 Å². The SMILES string of the molecule is Cc1ccc(C)c(OCCCOc2ccc(N)cc2C)c1. The number of rotatable bonds is 6. The van der Waals surface area contributed by atoms with Gasteiger partial charge in [-0.3, -0.25) is 0 Å². The van der Waals surface area contributed by atoms with E-state index in [1.807, 2.05) is 25.1 Å². The lowest BCUT2D eigenvalue weighted by Crippen LogP contribution is -2.06. The van der Waals surface area contributed by atoms with Crippen LogP contribution in [0.4, 0.5) is 5.69 Å². The molecule has 0 atom stereocenters. The van der Waals surface area contributed by atoms with Gasteiger partial charge in [0.25, 0.3) is 0 Å². The molecule has 2 aromatic carbocycles. The van der Waals surface area contributed by atoms with Gasteiger partial charge in [0.05, 0.1) is 13.2 Å². The van der Waals surface area contributed by atoms with Crippen LogP contribution in [-0.4, -0.2) is 13.2 Å². The summed E-state index contributed by atoms with van der Waals surface area (Å²) in [6.45, 7) is 7.41. The van der Waals surface area contributed by atoms with E-state index in [0.29, 0.717) is 13.2 Å². The highest BCUT2D eigenvalue weighted by Gasteiger charge is 2.02. The van der Waals surface area contributed by atoms with Gasteiger partial charge >= 0.3 is 0 Å². The van der Waals surface area contributed by atoms with Gasteiger partial charge in [-0.2, -0.15) is 0 Å². The lowest BCUT2D eigenvalue weighted by molar-refractivity contribution is 0.246. The largest absolute Gasteiger partial charge is 0.493 e. The van der Waals surface area contributed by atoms with Crippen LogP contribution in [0.3, 0.4) is 0 Å². The van der Waals surface area contributed by atoms with Gasteiger partial charge in [-0.1, -0.05) is 12.1 Å². The Morgan fingerprint density at radius 1 is 0.810 bits per heavy atom. The highest BCUT2D eigenvalue weighted by molar-refractivity contribution is 5.47. The van der Waals surface area contributed by atoms with Gasteiger partial charge in [-0.25, -0.2) is 0 Å². The van der Waals surface area contributed by atoms with E-state index in [4.69, 9.17) is 15.2 Å². The summed E-state index contributed by atoms with van der Waals surface area (Å²) in [6.07, 6.45) is 0.844. The molecule has 3 heteroatoms. The van der Waals surface area contributed by atoms with Crippen LogP contribution in [0.1, 0.15) is 23.1 Å². The summed E-state index contributed by atoms with van der Waals surface area (Å²) in [5, 5.41) is 0. The molecule has 0 aliphatic rings. The monoisotopic (exact) mass is 285 g/mol. The first-order valence-electron chi connectivity index (χ1n) is 7.25. The second-order valence-corrected chi connectivity index (χ2v) is 5.34. The molecule has 21 heavy (non-hydrogen) atoms. The van der Waals surface area contributed by atoms with E-state index in [9.17, 15) is 0 Å². The Balaban J connectivity index is 1.76. The van der Waals surface area contributed by atoms with Crippen LogP contribution in [-0.2, 0) is 0 Å². The fraction of sp³-hybridized carbons (Fsp3) is 0.333. The molecule has 0 amide bonds. The molecule has 0 spiro atoms. The van der Waals surface area contributed by atoms with Gasteiger partial charge in [0.2, 0.25) is 0 Å². The number of anilines is 1. The van der Waals surface area contributed by atoms with Crippen molar-refractivity contribution in [3.8, 4) is 11.5 Å². The van der Waals surface area contributed by atoms with Gasteiger partial charge in [-0.05, 0) is 61.7 Å². The summed E-state index contributed by atoms with van der Waals surface area (Å²) in [5.74, 6) is 1.84. The molecule has 112 valence electrons. The Morgan fingerprint density at radius 2 is 1.52 bits per heavy atom. The van der Waals surface area contributed by atoms with E-state index in [-0.39, 0.29) is 0 Å². The Hall–Kier alpha value is -2.16. The molecule has 0 heterocycles. The number of nitrogens with two attached hydrogens (primary N) is 1. The molecule has 2 N–H and O–H groups in total. The zero-order valence-corrected chi connectivity index (χ0v) is 13.0. The van der Waals surface area contributed by atoms with Crippen molar-refractivity contribution in [3.63, 3.8) is 0 Å². The van der Waals surface area contributed by atoms with Gasteiger partial charge in [-0.15, -0.1) is 0 Å². The summed E-state index contributed by atoms with van der Waals surface area (Å²) in [4.78, 5) is 0. The normalized spacial score (nSPS) is 10.4. The zero-order valence-electron chi connectivity index (χ0n) is 13.0. The van der Waals surface area contributed by atoms with Crippen molar-refractivity contribution >= 4 is 5.69 Å². The van der Waals surface area contributed by atoms with Crippen LogP contribution in [0.25, 0.3) is 0 Å². The molecular weight excluding hydrogens is 262 g/mol. The molecule has 0 fully saturated rings. The third kappa shape index (κ3) is 4.42. The molecule has 0 saturated heterocycles. The van der Waals surface area contributed by atoms with Crippen molar-refractivity contribution in [2.45, 2.75) is 27.2 Å². The standard InChI is InChI=1S/C18H23NO2/c1-13-5-6-14(2)18(11-13)21-10-4-9-20-17-8-7-16(19)12-15(17)3/h5-8,11-12H,4,9-10,19H2,1-3H3. The maximum Gasteiger partial charge on any atom is 0.122 e. The molecule has 0 bridgehead atoms. The predicted octanol–water partition coefficient (Wildman–Crippen LogP) is 4.04. The third-order valence-electron chi connectivity index (χ3n) is 3.35. The maximum atomic E-state index is 5.80. The van der Waals surface area contributed by atoms with Crippen LogP contribution >= 0.6 is 0 Å². The maximum absolute atomic E-state index is 5.80. The average Bonchev–Trinajstić information content (AvgIpc) is 2.44. The Labute approximate surface area is 126 Å². The smallest absolute Gasteiger partial charge is 0.122 e. The highest BCUT2D eigenvalue weighted by atomic mass is 16.5. The number of nitrogen functional groups attached to an aromatic ring is 1. The van der Waals surface area contributed by atoms with Crippen molar-refractivity contribution < 1.29 is 9.47 Å². The zero-order chi connectivity index (χ0) is 15.2.